The third-order valence-corrected chi connectivity index (χ3v) is 3.28. The average Bonchev–Trinajstić information content (AvgIpc) is 3.16. The van der Waals surface area contributed by atoms with E-state index in [2.05, 4.69) is 30.5 Å². The molecule has 0 bridgehead atoms. The van der Waals surface area contributed by atoms with Crippen molar-refractivity contribution in [2.75, 3.05) is 25.6 Å². The summed E-state index contributed by atoms with van der Waals surface area (Å²) < 4.78 is 10.8. The summed E-state index contributed by atoms with van der Waals surface area (Å²) in [5, 5.41) is 9.93. The molecular weight excluding hydrogens is 260 g/mol. The van der Waals surface area contributed by atoms with E-state index >= 15 is 0 Å². The molecule has 2 aromatic rings. The summed E-state index contributed by atoms with van der Waals surface area (Å²) in [5.74, 6) is 2.16. The fourth-order valence-corrected chi connectivity index (χ4v) is 2.26. The Labute approximate surface area is 116 Å². The van der Waals surface area contributed by atoms with Crippen LogP contribution >= 0.6 is 0 Å². The molecule has 2 aromatic heterocycles. The number of rotatable bonds is 5. The van der Waals surface area contributed by atoms with Gasteiger partial charge in [-0.3, -0.25) is 5.10 Å². The zero-order valence-electron chi connectivity index (χ0n) is 11.1. The number of aromatic nitrogens is 5. The van der Waals surface area contributed by atoms with Gasteiger partial charge in [0.15, 0.2) is 5.82 Å². The maximum absolute atomic E-state index is 5.70. The van der Waals surface area contributed by atoms with Crippen LogP contribution < -0.4 is 10.1 Å². The van der Waals surface area contributed by atoms with Crippen molar-refractivity contribution in [2.45, 2.75) is 12.5 Å². The van der Waals surface area contributed by atoms with E-state index in [1.54, 1.807) is 19.4 Å². The quantitative estimate of drug-likeness (QED) is 0.833. The first-order valence-electron chi connectivity index (χ1n) is 6.44. The molecule has 0 saturated carbocycles. The van der Waals surface area contributed by atoms with Gasteiger partial charge in [-0.25, -0.2) is 9.97 Å². The van der Waals surface area contributed by atoms with Gasteiger partial charge in [0.25, 0.3) is 0 Å². The molecule has 0 aliphatic carbocycles. The minimum Gasteiger partial charge on any atom is -0.481 e. The Balaban J connectivity index is 1.62. The third kappa shape index (κ3) is 2.69. The van der Waals surface area contributed by atoms with Gasteiger partial charge >= 0.3 is 0 Å². The van der Waals surface area contributed by atoms with E-state index in [-0.39, 0.29) is 6.10 Å². The largest absolute Gasteiger partial charge is 0.481 e. The zero-order valence-corrected chi connectivity index (χ0v) is 11.1. The fraction of sp³-hybridized carbons (Fsp3) is 0.500. The highest BCUT2D eigenvalue weighted by molar-refractivity contribution is 5.27. The van der Waals surface area contributed by atoms with Gasteiger partial charge < -0.3 is 14.8 Å². The molecule has 3 heterocycles. The molecular formula is C12H16N6O2. The van der Waals surface area contributed by atoms with Gasteiger partial charge in [-0.1, -0.05) is 0 Å². The maximum Gasteiger partial charge on any atom is 0.225 e. The maximum atomic E-state index is 5.70. The van der Waals surface area contributed by atoms with E-state index in [1.165, 1.54) is 6.33 Å². The van der Waals surface area contributed by atoms with Crippen molar-refractivity contribution in [1.29, 1.82) is 0 Å². The average molecular weight is 276 g/mol. The lowest BCUT2D eigenvalue weighted by molar-refractivity contribution is 0.0864. The SMILES string of the molecule is COc1ccnc(NC[C@@H]2CCO[C@@H]2c2ncn[nH]2)n1. The van der Waals surface area contributed by atoms with Crippen molar-refractivity contribution < 1.29 is 9.47 Å². The molecule has 2 atom stereocenters. The van der Waals surface area contributed by atoms with Crippen molar-refractivity contribution in [3.05, 3.63) is 24.4 Å². The Bertz CT molecular complexity index is 547. The van der Waals surface area contributed by atoms with Gasteiger partial charge in [0, 0.05) is 31.3 Å². The lowest BCUT2D eigenvalue weighted by Gasteiger charge is -2.16. The summed E-state index contributed by atoms with van der Waals surface area (Å²) in [6.45, 7) is 1.43. The standard InChI is InChI=1S/C12H16N6O2/c1-19-9-2-4-13-12(17-9)14-6-8-3-5-20-10(8)11-15-7-16-18-11/h2,4,7-8,10H,3,5-6H2,1H3,(H,13,14,17)(H,15,16,18)/t8-,10-/m0/s1. The molecule has 1 saturated heterocycles. The summed E-state index contributed by atoms with van der Waals surface area (Å²) in [6, 6.07) is 1.71. The number of hydrogen-bond acceptors (Lipinski definition) is 7. The summed E-state index contributed by atoms with van der Waals surface area (Å²) in [6.07, 6.45) is 4.05. The predicted molar refractivity (Wildman–Crippen MR) is 70.3 cm³/mol. The highest BCUT2D eigenvalue weighted by Crippen LogP contribution is 2.32. The number of aromatic amines is 1. The van der Waals surface area contributed by atoms with Crippen LogP contribution in [0.25, 0.3) is 0 Å². The number of anilines is 1. The smallest absolute Gasteiger partial charge is 0.225 e. The Kier molecular flexibility index (Phi) is 3.73. The second-order valence-corrected chi connectivity index (χ2v) is 4.51. The monoisotopic (exact) mass is 276 g/mol. The van der Waals surface area contributed by atoms with Crippen LogP contribution in [0.2, 0.25) is 0 Å². The lowest BCUT2D eigenvalue weighted by atomic mass is 10.0. The Morgan fingerprint density at radius 3 is 3.25 bits per heavy atom. The molecule has 1 aliphatic rings. The number of methoxy groups -OCH3 is 1. The number of nitrogens with zero attached hydrogens (tertiary/aromatic N) is 4. The Morgan fingerprint density at radius 1 is 1.50 bits per heavy atom. The van der Waals surface area contributed by atoms with E-state index in [9.17, 15) is 0 Å². The van der Waals surface area contributed by atoms with Gasteiger partial charge in [-0.15, -0.1) is 0 Å². The molecule has 0 spiro atoms. The van der Waals surface area contributed by atoms with Crippen molar-refractivity contribution in [1.82, 2.24) is 25.1 Å². The molecule has 0 unspecified atom stereocenters. The van der Waals surface area contributed by atoms with Crippen LogP contribution in [-0.2, 0) is 4.74 Å². The second kappa shape index (κ2) is 5.83. The van der Waals surface area contributed by atoms with E-state index in [0.717, 1.165) is 18.9 Å². The van der Waals surface area contributed by atoms with Gasteiger partial charge in [0.2, 0.25) is 11.8 Å². The molecule has 3 rings (SSSR count). The Morgan fingerprint density at radius 2 is 2.45 bits per heavy atom. The van der Waals surface area contributed by atoms with Crippen molar-refractivity contribution >= 4 is 5.95 Å². The topological polar surface area (TPSA) is 97.8 Å². The molecule has 106 valence electrons. The molecule has 20 heavy (non-hydrogen) atoms. The van der Waals surface area contributed by atoms with Crippen LogP contribution in [0.3, 0.4) is 0 Å². The van der Waals surface area contributed by atoms with Crippen LogP contribution in [-0.4, -0.2) is 45.4 Å². The van der Waals surface area contributed by atoms with E-state index in [4.69, 9.17) is 9.47 Å². The Hall–Kier alpha value is -2.22. The highest BCUT2D eigenvalue weighted by atomic mass is 16.5. The number of nitrogens with one attached hydrogen (secondary N) is 2. The van der Waals surface area contributed by atoms with Crippen LogP contribution in [0.1, 0.15) is 18.3 Å². The van der Waals surface area contributed by atoms with E-state index in [1.807, 2.05) is 0 Å². The van der Waals surface area contributed by atoms with Gasteiger partial charge in [-0.05, 0) is 6.42 Å². The molecule has 1 aliphatic heterocycles. The van der Waals surface area contributed by atoms with Crippen LogP contribution in [0.5, 0.6) is 5.88 Å². The molecule has 8 heteroatoms. The molecule has 0 aromatic carbocycles. The minimum atomic E-state index is -0.0596. The number of hydrogen-bond donors (Lipinski definition) is 2. The van der Waals surface area contributed by atoms with Crippen LogP contribution in [0, 0.1) is 5.92 Å². The molecule has 0 amide bonds. The molecule has 2 N–H and O–H groups in total. The van der Waals surface area contributed by atoms with E-state index in [0.29, 0.717) is 24.3 Å². The zero-order chi connectivity index (χ0) is 13.8. The van der Waals surface area contributed by atoms with Gasteiger partial charge in [0.05, 0.1) is 7.11 Å². The lowest BCUT2D eigenvalue weighted by Crippen LogP contribution is -2.19. The molecule has 8 nitrogen and oxygen atoms in total. The van der Waals surface area contributed by atoms with Crippen molar-refractivity contribution in [3.8, 4) is 5.88 Å². The minimum absolute atomic E-state index is 0.0596. The first-order valence-corrected chi connectivity index (χ1v) is 6.44. The number of H-pyrrole nitrogens is 1. The second-order valence-electron chi connectivity index (χ2n) is 4.51. The summed E-state index contributed by atoms with van der Waals surface area (Å²) in [7, 11) is 1.58. The fourth-order valence-electron chi connectivity index (χ4n) is 2.26. The van der Waals surface area contributed by atoms with Crippen molar-refractivity contribution in [3.63, 3.8) is 0 Å². The third-order valence-electron chi connectivity index (χ3n) is 3.28. The summed E-state index contributed by atoms with van der Waals surface area (Å²) in [4.78, 5) is 12.5. The van der Waals surface area contributed by atoms with Crippen molar-refractivity contribution in [2.24, 2.45) is 5.92 Å². The highest BCUT2D eigenvalue weighted by Gasteiger charge is 2.31. The summed E-state index contributed by atoms with van der Waals surface area (Å²) in [5.41, 5.74) is 0. The first kappa shape index (κ1) is 12.8. The first-order chi connectivity index (χ1) is 9.86. The van der Waals surface area contributed by atoms with Gasteiger partial charge in [0.1, 0.15) is 12.4 Å². The summed E-state index contributed by atoms with van der Waals surface area (Å²) >= 11 is 0. The normalized spacial score (nSPS) is 21.9. The number of ether oxygens (including phenoxy) is 2. The predicted octanol–water partition coefficient (Wildman–Crippen LogP) is 0.793. The van der Waals surface area contributed by atoms with Crippen LogP contribution in [0.15, 0.2) is 18.6 Å². The van der Waals surface area contributed by atoms with E-state index < -0.39 is 0 Å². The molecule has 0 radical (unpaired) electrons. The van der Waals surface area contributed by atoms with Gasteiger partial charge in [-0.2, -0.15) is 10.1 Å². The van der Waals surface area contributed by atoms with Crippen LogP contribution in [0.4, 0.5) is 5.95 Å². The molecule has 1 fully saturated rings.